The molecule has 2 aromatic heterocycles. The maximum atomic E-state index is 10.3. The highest BCUT2D eigenvalue weighted by molar-refractivity contribution is 5.98. The summed E-state index contributed by atoms with van der Waals surface area (Å²) in [7, 11) is 0. The van der Waals surface area contributed by atoms with Gasteiger partial charge >= 0.3 is 0 Å². The number of benzene rings is 1. The van der Waals surface area contributed by atoms with Gasteiger partial charge in [-0.05, 0) is 23.8 Å². The third-order valence-electron chi connectivity index (χ3n) is 7.39. The van der Waals surface area contributed by atoms with Crippen LogP contribution in [0.1, 0.15) is 32.8 Å². The zero-order valence-corrected chi connectivity index (χ0v) is 21.5. The van der Waals surface area contributed by atoms with Crippen molar-refractivity contribution in [2.24, 2.45) is 10.4 Å². The standard InChI is InChI=1S/C28H32N8O/c1-28(2,3)25-12-18(8-9-29-25)19-14-31-27(32-15-19)35-10-11-36-20(17-35)16-30-26-23(36)13-22(33-34-26)21-6-4-5-7-24(21)37/h4-8,13-15,20,37H,9-12,16-17H2,1-3H3,(H,30,34)/t20-/m1/s1. The number of para-hydroxylation sites is 1. The highest BCUT2D eigenvalue weighted by Crippen LogP contribution is 2.36. The second-order valence-corrected chi connectivity index (χ2v) is 10.9. The lowest BCUT2D eigenvalue weighted by Crippen LogP contribution is -2.58. The average Bonchev–Trinajstić information content (AvgIpc) is 2.92. The number of aromatic nitrogens is 4. The Labute approximate surface area is 217 Å². The van der Waals surface area contributed by atoms with E-state index >= 15 is 0 Å². The number of nitrogens with zero attached hydrogens (tertiary/aromatic N) is 7. The SMILES string of the molecule is CC(C)(C)C1=NCC=C(c2cnc(N3CCN4c5cc(-c6ccccc6O)nnc5NC[C@@H]4C3)nc2)C1. The van der Waals surface area contributed by atoms with Gasteiger partial charge in [0.25, 0.3) is 0 Å². The number of nitrogens with one attached hydrogen (secondary N) is 1. The Morgan fingerprint density at radius 3 is 2.65 bits per heavy atom. The molecule has 9 heteroatoms. The summed E-state index contributed by atoms with van der Waals surface area (Å²) in [5, 5.41) is 22.5. The molecule has 0 aliphatic carbocycles. The fraction of sp³-hybridized carbons (Fsp3) is 0.393. The summed E-state index contributed by atoms with van der Waals surface area (Å²) in [6, 6.07) is 9.49. The molecule has 0 spiro atoms. The van der Waals surface area contributed by atoms with E-state index in [1.807, 2.05) is 30.6 Å². The van der Waals surface area contributed by atoms with Crippen LogP contribution < -0.4 is 15.1 Å². The Hall–Kier alpha value is -4.01. The lowest BCUT2D eigenvalue weighted by Gasteiger charge is -2.45. The number of hydrogen-bond acceptors (Lipinski definition) is 9. The first-order valence-corrected chi connectivity index (χ1v) is 12.8. The monoisotopic (exact) mass is 496 g/mol. The number of phenolic OH excluding ortho intramolecular Hbond substituents is 1. The zero-order chi connectivity index (χ0) is 25.6. The number of rotatable bonds is 3. The van der Waals surface area contributed by atoms with E-state index < -0.39 is 0 Å². The maximum absolute atomic E-state index is 10.3. The van der Waals surface area contributed by atoms with E-state index in [1.54, 1.807) is 12.1 Å². The highest BCUT2D eigenvalue weighted by Gasteiger charge is 2.34. The molecule has 3 aromatic rings. The van der Waals surface area contributed by atoms with Crippen molar-refractivity contribution < 1.29 is 5.11 Å². The van der Waals surface area contributed by atoms with E-state index in [0.29, 0.717) is 11.3 Å². The maximum Gasteiger partial charge on any atom is 0.225 e. The molecular weight excluding hydrogens is 464 g/mol. The number of fused-ring (bicyclic) bond motifs is 3. The van der Waals surface area contributed by atoms with E-state index in [2.05, 4.69) is 52.2 Å². The molecule has 0 saturated carbocycles. The van der Waals surface area contributed by atoms with Gasteiger partial charge in [-0.25, -0.2) is 9.97 Å². The predicted molar refractivity (Wildman–Crippen MR) is 147 cm³/mol. The number of allylic oxidation sites excluding steroid dienone is 1. The number of anilines is 3. The molecule has 37 heavy (non-hydrogen) atoms. The van der Waals surface area contributed by atoms with Gasteiger partial charge < -0.3 is 20.2 Å². The second kappa shape index (κ2) is 9.14. The van der Waals surface area contributed by atoms with Gasteiger partial charge in [-0.2, -0.15) is 0 Å². The lowest BCUT2D eigenvalue weighted by molar-refractivity contribution is 0.477. The summed E-state index contributed by atoms with van der Waals surface area (Å²) in [5.74, 6) is 1.75. The molecule has 9 nitrogen and oxygen atoms in total. The molecule has 3 aliphatic rings. The summed E-state index contributed by atoms with van der Waals surface area (Å²) in [6.45, 7) is 10.6. The van der Waals surface area contributed by atoms with E-state index in [4.69, 9.17) is 15.0 Å². The first kappa shape index (κ1) is 23.4. The van der Waals surface area contributed by atoms with Gasteiger partial charge in [0, 0.05) is 67.2 Å². The molecule has 0 amide bonds. The van der Waals surface area contributed by atoms with Gasteiger partial charge in [0.15, 0.2) is 5.82 Å². The molecule has 0 radical (unpaired) electrons. The van der Waals surface area contributed by atoms with Crippen LogP contribution >= 0.6 is 0 Å². The third-order valence-corrected chi connectivity index (χ3v) is 7.39. The number of piperazine rings is 1. The Morgan fingerprint density at radius 1 is 1.05 bits per heavy atom. The van der Waals surface area contributed by atoms with Gasteiger partial charge in [0.1, 0.15) is 5.75 Å². The molecule has 0 unspecified atom stereocenters. The van der Waals surface area contributed by atoms with Crippen molar-refractivity contribution in [3.05, 3.63) is 54.4 Å². The van der Waals surface area contributed by atoms with Crippen LogP contribution in [0.4, 0.5) is 17.5 Å². The molecule has 1 atom stereocenters. The molecule has 3 aliphatic heterocycles. The Balaban J connectivity index is 1.17. The van der Waals surface area contributed by atoms with Crippen LogP contribution in [0, 0.1) is 5.41 Å². The van der Waals surface area contributed by atoms with Crippen molar-refractivity contribution >= 4 is 28.7 Å². The van der Waals surface area contributed by atoms with Crippen LogP contribution in [-0.4, -0.2) is 69.7 Å². The summed E-state index contributed by atoms with van der Waals surface area (Å²) in [5.41, 5.74) is 5.98. The van der Waals surface area contributed by atoms with Crippen LogP contribution in [0.5, 0.6) is 5.75 Å². The summed E-state index contributed by atoms with van der Waals surface area (Å²) < 4.78 is 0. The van der Waals surface area contributed by atoms with E-state index in [1.165, 1.54) is 11.3 Å². The minimum atomic E-state index is 0.0699. The lowest BCUT2D eigenvalue weighted by atomic mass is 9.84. The van der Waals surface area contributed by atoms with Crippen LogP contribution in [0.25, 0.3) is 16.8 Å². The Morgan fingerprint density at radius 2 is 1.86 bits per heavy atom. The van der Waals surface area contributed by atoms with Crippen molar-refractivity contribution in [3.8, 4) is 17.0 Å². The van der Waals surface area contributed by atoms with Crippen LogP contribution in [-0.2, 0) is 0 Å². The Bertz CT molecular complexity index is 1380. The van der Waals surface area contributed by atoms with Crippen molar-refractivity contribution in [1.82, 2.24) is 20.2 Å². The first-order chi connectivity index (χ1) is 17.9. The number of aromatic hydroxyl groups is 1. The van der Waals surface area contributed by atoms with E-state index in [-0.39, 0.29) is 17.2 Å². The number of phenols is 1. The van der Waals surface area contributed by atoms with Gasteiger partial charge in [0.05, 0.1) is 24.0 Å². The molecule has 1 aromatic carbocycles. The zero-order valence-electron chi connectivity index (χ0n) is 21.5. The smallest absolute Gasteiger partial charge is 0.225 e. The largest absolute Gasteiger partial charge is 0.507 e. The van der Waals surface area contributed by atoms with Crippen molar-refractivity contribution in [1.29, 1.82) is 0 Å². The molecule has 5 heterocycles. The number of aliphatic imine (C=N–C) groups is 1. The van der Waals surface area contributed by atoms with Crippen molar-refractivity contribution in [2.45, 2.75) is 33.2 Å². The molecule has 0 bridgehead atoms. The van der Waals surface area contributed by atoms with Gasteiger partial charge in [0.2, 0.25) is 5.95 Å². The van der Waals surface area contributed by atoms with Crippen molar-refractivity contribution in [3.63, 3.8) is 0 Å². The fourth-order valence-electron chi connectivity index (χ4n) is 5.24. The van der Waals surface area contributed by atoms with Gasteiger partial charge in [-0.15, -0.1) is 10.2 Å². The summed E-state index contributed by atoms with van der Waals surface area (Å²) in [6.07, 6.45) is 6.94. The molecule has 190 valence electrons. The quantitative estimate of drug-likeness (QED) is 0.560. The first-order valence-electron chi connectivity index (χ1n) is 12.8. The minimum Gasteiger partial charge on any atom is -0.507 e. The van der Waals surface area contributed by atoms with Crippen LogP contribution in [0.2, 0.25) is 0 Å². The number of hydrogen-bond donors (Lipinski definition) is 2. The number of dihydropyridines is 1. The predicted octanol–water partition coefficient (Wildman–Crippen LogP) is 4.03. The van der Waals surface area contributed by atoms with E-state index in [9.17, 15) is 5.11 Å². The highest BCUT2D eigenvalue weighted by atomic mass is 16.3. The molecule has 2 N–H and O–H groups in total. The van der Waals surface area contributed by atoms with Gasteiger partial charge in [-0.3, -0.25) is 4.99 Å². The normalized spacial score (nSPS) is 19.4. The molecular formula is C28H32N8O. The molecule has 1 saturated heterocycles. The topological polar surface area (TPSA) is 103 Å². The van der Waals surface area contributed by atoms with Crippen LogP contribution in [0.15, 0.2) is 53.8 Å². The van der Waals surface area contributed by atoms with Gasteiger partial charge in [-0.1, -0.05) is 39.0 Å². The second-order valence-electron chi connectivity index (χ2n) is 10.9. The van der Waals surface area contributed by atoms with Crippen molar-refractivity contribution in [2.75, 3.05) is 47.8 Å². The Kier molecular flexibility index (Phi) is 5.78. The summed E-state index contributed by atoms with van der Waals surface area (Å²) >= 11 is 0. The fourth-order valence-corrected chi connectivity index (χ4v) is 5.24. The average molecular weight is 497 g/mol. The van der Waals surface area contributed by atoms with Crippen LogP contribution in [0.3, 0.4) is 0 Å². The molecule has 1 fully saturated rings. The molecule has 6 rings (SSSR count). The van der Waals surface area contributed by atoms with E-state index in [0.717, 1.165) is 62.2 Å². The third kappa shape index (κ3) is 4.50. The minimum absolute atomic E-state index is 0.0699. The summed E-state index contributed by atoms with van der Waals surface area (Å²) in [4.78, 5) is 18.9.